The van der Waals surface area contributed by atoms with E-state index in [-0.39, 0.29) is 0 Å². The number of hydrogen-bond donors (Lipinski definition) is 1. The van der Waals surface area contributed by atoms with Crippen molar-refractivity contribution in [3.63, 3.8) is 0 Å². The van der Waals surface area contributed by atoms with E-state index in [0.29, 0.717) is 15.9 Å². The van der Waals surface area contributed by atoms with Gasteiger partial charge in [0.05, 0.1) is 0 Å². The SMILES string of the molecule is CC(C)(SCc1cnc(Cl)cc1Cl)C(=O)O. The fourth-order valence-electron chi connectivity index (χ4n) is 0.862. The number of carboxylic acid groups (broad SMARTS) is 1. The summed E-state index contributed by atoms with van der Waals surface area (Å²) in [5, 5.41) is 9.78. The summed E-state index contributed by atoms with van der Waals surface area (Å²) in [6.45, 7) is 3.30. The summed E-state index contributed by atoms with van der Waals surface area (Å²) in [7, 11) is 0. The van der Waals surface area contributed by atoms with Crippen LogP contribution < -0.4 is 0 Å². The maximum Gasteiger partial charge on any atom is 0.319 e. The summed E-state index contributed by atoms with van der Waals surface area (Å²) < 4.78 is -0.844. The quantitative estimate of drug-likeness (QED) is 0.858. The van der Waals surface area contributed by atoms with E-state index < -0.39 is 10.7 Å². The van der Waals surface area contributed by atoms with Crippen molar-refractivity contribution in [1.82, 2.24) is 4.98 Å². The zero-order valence-electron chi connectivity index (χ0n) is 8.83. The first-order valence-corrected chi connectivity index (χ1v) is 6.24. The van der Waals surface area contributed by atoms with Gasteiger partial charge in [-0.25, -0.2) is 4.98 Å². The molecule has 6 heteroatoms. The van der Waals surface area contributed by atoms with Crippen LogP contribution in [-0.2, 0) is 10.5 Å². The molecule has 0 spiro atoms. The lowest BCUT2D eigenvalue weighted by atomic mass is 10.2. The number of thioether (sulfide) groups is 1. The van der Waals surface area contributed by atoms with E-state index in [2.05, 4.69) is 4.98 Å². The van der Waals surface area contributed by atoms with Crippen molar-refractivity contribution in [2.24, 2.45) is 0 Å². The Morgan fingerprint density at radius 3 is 2.69 bits per heavy atom. The third-order valence-electron chi connectivity index (χ3n) is 2.00. The molecule has 16 heavy (non-hydrogen) atoms. The average Bonchev–Trinajstić information content (AvgIpc) is 2.16. The van der Waals surface area contributed by atoms with Crippen LogP contribution in [-0.4, -0.2) is 20.8 Å². The molecule has 3 nitrogen and oxygen atoms in total. The lowest BCUT2D eigenvalue weighted by molar-refractivity contribution is -0.138. The molecule has 0 unspecified atom stereocenters. The normalized spacial score (nSPS) is 11.5. The molecule has 0 radical (unpaired) electrons. The highest BCUT2D eigenvalue weighted by Gasteiger charge is 2.27. The molecule has 0 saturated carbocycles. The highest BCUT2D eigenvalue weighted by molar-refractivity contribution is 8.00. The second-order valence-corrected chi connectivity index (χ2v) is 6.09. The smallest absolute Gasteiger partial charge is 0.319 e. The van der Waals surface area contributed by atoms with E-state index in [4.69, 9.17) is 28.3 Å². The molecule has 0 bridgehead atoms. The molecule has 0 amide bonds. The van der Waals surface area contributed by atoms with Gasteiger partial charge >= 0.3 is 5.97 Å². The Hall–Kier alpha value is -0.450. The van der Waals surface area contributed by atoms with Gasteiger partial charge in [-0.05, 0) is 25.5 Å². The van der Waals surface area contributed by atoms with Crippen LogP contribution in [0.5, 0.6) is 0 Å². The zero-order chi connectivity index (χ0) is 12.3. The lowest BCUT2D eigenvalue weighted by Crippen LogP contribution is -2.27. The fraction of sp³-hybridized carbons (Fsp3) is 0.400. The van der Waals surface area contributed by atoms with Gasteiger partial charge < -0.3 is 5.11 Å². The van der Waals surface area contributed by atoms with Crippen LogP contribution in [0.15, 0.2) is 12.3 Å². The number of rotatable bonds is 4. The highest BCUT2D eigenvalue weighted by atomic mass is 35.5. The van der Waals surface area contributed by atoms with Gasteiger partial charge in [0, 0.05) is 17.0 Å². The van der Waals surface area contributed by atoms with Crippen molar-refractivity contribution in [2.45, 2.75) is 24.3 Å². The molecule has 0 saturated heterocycles. The summed E-state index contributed by atoms with van der Waals surface area (Å²) in [4.78, 5) is 14.8. The second-order valence-electron chi connectivity index (χ2n) is 3.70. The molecule has 1 rings (SSSR count). The van der Waals surface area contributed by atoms with E-state index >= 15 is 0 Å². The van der Waals surface area contributed by atoms with Crippen LogP contribution >= 0.6 is 35.0 Å². The minimum Gasteiger partial charge on any atom is -0.480 e. The second kappa shape index (κ2) is 5.25. The number of aliphatic carboxylic acids is 1. The first-order chi connectivity index (χ1) is 7.33. The zero-order valence-corrected chi connectivity index (χ0v) is 11.2. The third kappa shape index (κ3) is 3.54. The largest absolute Gasteiger partial charge is 0.480 e. The molecule has 0 fully saturated rings. The Balaban J connectivity index is 2.72. The van der Waals surface area contributed by atoms with E-state index in [0.717, 1.165) is 5.56 Å². The molecule has 1 heterocycles. The summed E-state index contributed by atoms with van der Waals surface area (Å²) in [6.07, 6.45) is 1.57. The number of halogens is 2. The number of carbonyl (C=O) groups is 1. The van der Waals surface area contributed by atoms with E-state index in [1.165, 1.54) is 11.8 Å². The molecular formula is C10H11Cl2NO2S. The van der Waals surface area contributed by atoms with E-state index in [9.17, 15) is 4.79 Å². The first-order valence-electron chi connectivity index (χ1n) is 4.50. The Labute approximate surface area is 108 Å². The Kier molecular flexibility index (Phi) is 4.47. The molecule has 1 aromatic rings. The molecule has 0 atom stereocenters. The van der Waals surface area contributed by atoms with Crippen molar-refractivity contribution in [3.8, 4) is 0 Å². The summed E-state index contributed by atoms with van der Waals surface area (Å²) in [5.74, 6) is -0.363. The predicted molar refractivity (Wildman–Crippen MR) is 67.3 cm³/mol. The summed E-state index contributed by atoms with van der Waals surface area (Å²) >= 11 is 12.9. The number of hydrogen-bond acceptors (Lipinski definition) is 3. The molecule has 0 aromatic carbocycles. The molecule has 1 aromatic heterocycles. The van der Waals surface area contributed by atoms with Crippen molar-refractivity contribution in [3.05, 3.63) is 28.0 Å². The standard InChI is InChI=1S/C10H11Cl2NO2S/c1-10(2,9(14)15)16-5-6-4-13-8(12)3-7(6)11/h3-4H,5H2,1-2H3,(H,14,15). The van der Waals surface area contributed by atoms with Gasteiger partial charge in [-0.15, -0.1) is 11.8 Å². The molecule has 0 aliphatic heterocycles. The Bertz CT molecular complexity index is 410. The molecule has 0 aliphatic carbocycles. The number of pyridine rings is 1. The summed E-state index contributed by atoms with van der Waals surface area (Å²) in [5.41, 5.74) is 0.783. The van der Waals surface area contributed by atoms with Crippen LogP contribution in [0.2, 0.25) is 10.2 Å². The number of carboxylic acids is 1. The van der Waals surface area contributed by atoms with Crippen LogP contribution in [0.1, 0.15) is 19.4 Å². The van der Waals surface area contributed by atoms with Gasteiger partial charge in [0.1, 0.15) is 9.90 Å². The van der Waals surface area contributed by atoms with Gasteiger partial charge in [-0.1, -0.05) is 23.2 Å². The van der Waals surface area contributed by atoms with Gasteiger partial charge in [0.15, 0.2) is 0 Å². The van der Waals surface area contributed by atoms with Crippen LogP contribution in [0.4, 0.5) is 0 Å². The Morgan fingerprint density at radius 2 is 2.19 bits per heavy atom. The number of aromatic nitrogens is 1. The fourth-order valence-corrected chi connectivity index (χ4v) is 2.24. The molecular weight excluding hydrogens is 269 g/mol. The average molecular weight is 280 g/mol. The maximum atomic E-state index is 10.9. The minimum atomic E-state index is -0.851. The first kappa shape index (κ1) is 13.6. The van der Waals surface area contributed by atoms with Gasteiger partial charge in [0.2, 0.25) is 0 Å². The topological polar surface area (TPSA) is 50.2 Å². The molecule has 88 valence electrons. The lowest BCUT2D eigenvalue weighted by Gasteiger charge is -2.18. The monoisotopic (exact) mass is 279 g/mol. The van der Waals surface area contributed by atoms with Crippen LogP contribution in [0, 0.1) is 0 Å². The van der Waals surface area contributed by atoms with E-state index in [1.807, 2.05) is 0 Å². The van der Waals surface area contributed by atoms with Gasteiger partial charge in [0.25, 0.3) is 0 Å². The van der Waals surface area contributed by atoms with Crippen LogP contribution in [0.25, 0.3) is 0 Å². The van der Waals surface area contributed by atoms with Crippen molar-refractivity contribution in [2.75, 3.05) is 0 Å². The van der Waals surface area contributed by atoms with Crippen LogP contribution in [0.3, 0.4) is 0 Å². The molecule has 1 N–H and O–H groups in total. The van der Waals surface area contributed by atoms with Crippen molar-refractivity contribution >= 4 is 40.9 Å². The van der Waals surface area contributed by atoms with Crippen molar-refractivity contribution < 1.29 is 9.90 Å². The Morgan fingerprint density at radius 1 is 1.56 bits per heavy atom. The third-order valence-corrected chi connectivity index (χ3v) is 3.91. The maximum absolute atomic E-state index is 10.9. The minimum absolute atomic E-state index is 0.330. The highest BCUT2D eigenvalue weighted by Crippen LogP contribution is 2.31. The summed E-state index contributed by atoms with van der Waals surface area (Å²) in [6, 6.07) is 1.55. The van der Waals surface area contributed by atoms with Crippen molar-refractivity contribution in [1.29, 1.82) is 0 Å². The molecule has 0 aliphatic rings. The number of nitrogens with zero attached hydrogens (tertiary/aromatic N) is 1. The van der Waals surface area contributed by atoms with Gasteiger partial charge in [-0.2, -0.15) is 0 Å². The van der Waals surface area contributed by atoms with E-state index in [1.54, 1.807) is 26.1 Å². The van der Waals surface area contributed by atoms with Gasteiger partial charge in [-0.3, -0.25) is 4.79 Å². The predicted octanol–water partition coefficient (Wildman–Crippen LogP) is 3.48.